The van der Waals surface area contributed by atoms with Gasteiger partial charge in [-0.3, -0.25) is 0 Å². The van der Waals surface area contributed by atoms with Crippen molar-refractivity contribution in [3.63, 3.8) is 0 Å². The van der Waals surface area contributed by atoms with Crippen molar-refractivity contribution < 1.29 is 22.5 Å². The molecule has 0 radical (unpaired) electrons. The van der Waals surface area contributed by atoms with Crippen LogP contribution in [0.4, 0.5) is 0 Å². The molecule has 28 heavy (non-hydrogen) atoms. The van der Waals surface area contributed by atoms with Gasteiger partial charge in [-0.05, 0) is 57.5 Å². The molecule has 6 nitrogen and oxygen atoms in total. The van der Waals surface area contributed by atoms with Crippen molar-refractivity contribution in [3.8, 4) is 11.6 Å². The van der Waals surface area contributed by atoms with Gasteiger partial charge in [0.15, 0.2) is 9.84 Å². The van der Waals surface area contributed by atoms with Gasteiger partial charge in [0.25, 0.3) is 0 Å². The smallest absolute Gasteiger partial charge is 0.439 e. The molecule has 9 heteroatoms. The van der Waals surface area contributed by atoms with E-state index in [0.29, 0.717) is 21.8 Å². The summed E-state index contributed by atoms with van der Waals surface area (Å²) in [4.78, 5) is 4.34. The highest BCUT2D eigenvalue weighted by Gasteiger charge is 2.52. The minimum absolute atomic E-state index is 0.131. The van der Waals surface area contributed by atoms with Crippen molar-refractivity contribution in [1.82, 2.24) is 4.98 Å². The third-order valence-electron chi connectivity index (χ3n) is 4.90. The Morgan fingerprint density at radius 3 is 2.21 bits per heavy atom. The average Bonchev–Trinajstić information content (AvgIpc) is 2.77. The Kier molecular flexibility index (Phi) is 5.53. The van der Waals surface area contributed by atoms with Crippen molar-refractivity contribution in [2.75, 3.05) is 6.26 Å². The van der Waals surface area contributed by atoms with E-state index < -0.39 is 28.2 Å². The van der Waals surface area contributed by atoms with Crippen molar-refractivity contribution in [2.45, 2.75) is 44.6 Å². The first-order valence-corrected chi connectivity index (χ1v) is 11.3. The van der Waals surface area contributed by atoms with Crippen molar-refractivity contribution in [2.24, 2.45) is 0 Å². The molecule has 0 aliphatic carbocycles. The Labute approximate surface area is 171 Å². The quantitative estimate of drug-likeness (QED) is 0.686. The average molecular weight is 424 g/mol. The Balaban J connectivity index is 2.00. The number of nitrogens with zero attached hydrogens (tertiary/aromatic N) is 1. The molecule has 1 saturated heterocycles. The lowest BCUT2D eigenvalue weighted by Gasteiger charge is -2.32. The number of hydrogen-bond donors (Lipinski definition) is 0. The number of rotatable bonds is 5. The first-order chi connectivity index (χ1) is 12.9. The predicted octanol–water partition coefficient (Wildman–Crippen LogP) is 3.37. The second-order valence-corrected chi connectivity index (χ2v) is 10.5. The fraction of sp³-hybridized carbons (Fsp3) is 0.421. The van der Waals surface area contributed by atoms with Gasteiger partial charge in [0, 0.05) is 22.9 Å². The summed E-state index contributed by atoms with van der Waals surface area (Å²) in [5.74, 6) is 0.705. The van der Waals surface area contributed by atoms with Crippen LogP contribution in [0, 0.1) is 0 Å². The van der Waals surface area contributed by atoms with Crippen LogP contribution < -0.4 is 10.2 Å². The van der Waals surface area contributed by atoms with Crippen LogP contribution in [0.5, 0.6) is 11.6 Å². The van der Waals surface area contributed by atoms with Crippen molar-refractivity contribution in [1.29, 1.82) is 0 Å². The molecular formula is C19H23BClNO5S. The summed E-state index contributed by atoms with van der Waals surface area (Å²) in [5.41, 5.74) is -0.0326. The highest BCUT2D eigenvalue weighted by molar-refractivity contribution is 7.89. The largest absolute Gasteiger partial charge is 0.500 e. The summed E-state index contributed by atoms with van der Waals surface area (Å²) in [6.07, 6.45) is 2.67. The molecular weight excluding hydrogens is 401 g/mol. The number of halogens is 1. The van der Waals surface area contributed by atoms with Crippen molar-refractivity contribution in [3.05, 3.63) is 47.1 Å². The second-order valence-electron chi connectivity index (χ2n) is 7.95. The first kappa shape index (κ1) is 21.1. The van der Waals surface area contributed by atoms with Gasteiger partial charge in [-0.25, -0.2) is 13.4 Å². The monoisotopic (exact) mass is 423 g/mol. The third-order valence-corrected chi connectivity index (χ3v) is 6.01. The summed E-state index contributed by atoms with van der Waals surface area (Å²) in [6.45, 7) is 7.78. The number of benzene rings is 1. The van der Waals surface area contributed by atoms with E-state index in [2.05, 4.69) is 4.98 Å². The number of ether oxygens (including phenoxy) is 1. The molecule has 0 atom stereocenters. The SMILES string of the molecule is CC1(C)OB(c2cc(CS(C)(=O)=O)cnc2Oc2ccc(Cl)cc2)OC1(C)C. The second kappa shape index (κ2) is 7.33. The maximum absolute atomic E-state index is 11.7. The molecule has 3 rings (SSSR count). The fourth-order valence-electron chi connectivity index (χ4n) is 2.73. The summed E-state index contributed by atoms with van der Waals surface area (Å²) in [6, 6.07) is 8.58. The molecule has 2 aromatic rings. The standard InChI is InChI=1S/C19H23BClNO5S/c1-18(2)19(3,4)27-20(26-18)16-10-13(12-28(5,23)24)11-22-17(16)25-15-8-6-14(21)7-9-15/h6-11H,12H2,1-5H3. The molecule has 150 valence electrons. The summed E-state index contributed by atoms with van der Waals surface area (Å²) in [7, 11) is -3.95. The zero-order valence-electron chi connectivity index (χ0n) is 16.5. The normalized spacial score (nSPS) is 18.3. The first-order valence-electron chi connectivity index (χ1n) is 8.82. The van der Waals surface area contributed by atoms with Crippen molar-refractivity contribution >= 4 is 34.0 Å². The van der Waals surface area contributed by atoms with Gasteiger partial charge in [0.2, 0.25) is 5.88 Å². The Hall–Kier alpha value is -1.61. The minimum atomic E-state index is -3.22. The lowest BCUT2D eigenvalue weighted by molar-refractivity contribution is 0.00578. The summed E-state index contributed by atoms with van der Waals surface area (Å²) >= 11 is 5.93. The molecule has 1 aliphatic heterocycles. The number of hydrogen-bond acceptors (Lipinski definition) is 6. The molecule has 0 N–H and O–H groups in total. The van der Waals surface area contributed by atoms with E-state index in [0.717, 1.165) is 0 Å². The highest BCUT2D eigenvalue weighted by atomic mass is 35.5. The van der Waals surface area contributed by atoms with Gasteiger partial charge in [-0.15, -0.1) is 0 Å². The Bertz CT molecular complexity index is 960. The number of aromatic nitrogens is 1. The van der Waals surface area contributed by atoms with E-state index in [4.69, 9.17) is 25.6 Å². The van der Waals surface area contributed by atoms with E-state index >= 15 is 0 Å². The molecule has 1 aliphatic rings. The zero-order valence-corrected chi connectivity index (χ0v) is 18.1. The molecule has 1 aromatic heterocycles. The van der Waals surface area contributed by atoms with E-state index in [1.54, 1.807) is 30.3 Å². The molecule has 0 saturated carbocycles. The molecule has 2 heterocycles. The number of pyridine rings is 1. The Morgan fingerprint density at radius 1 is 1.11 bits per heavy atom. The summed E-state index contributed by atoms with van der Waals surface area (Å²) in [5, 5.41) is 0.593. The van der Waals surface area contributed by atoms with Crippen LogP contribution in [0.1, 0.15) is 33.3 Å². The fourth-order valence-corrected chi connectivity index (χ4v) is 3.62. The topological polar surface area (TPSA) is 74.7 Å². The van der Waals surface area contributed by atoms with Crippen LogP contribution in [-0.4, -0.2) is 38.0 Å². The van der Waals surface area contributed by atoms with Crippen LogP contribution in [0.25, 0.3) is 0 Å². The van der Waals surface area contributed by atoms with E-state index in [9.17, 15) is 8.42 Å². The van der Waals surface area contributed by atoms with Gasteiger partial charge < -0.3 is 14.0 Å². The van der Waals surface area contributed by atoms with Crippen LogP contribution >= 0.6 is 11.6 Å². The van der Waals surface area contributed by atoms with E-state index in [1.807, 2.05) is 27.7 Å². The lowest BCUT2D eigenvalue weighted by Crippen LogP contribution is -2.41. The summed E-state index contributed by atoms with van der Waals surface area (Å²) < 4.78 is 41.6. The molecule has 1 fully saturated rings. The van der Waals surface area contributed by atoms with Gasteiger partial charge in [-0.2, -0.15) is 0 Å². The molecule has 0 spiro atoms. The molecule has 0 amide bonds. The lowest BCUT2D eigenvalue weighted by atomic mass is 9.79. The van der Waals surface area contributed by atoms with Crippen LogP contribution in [0.15, 0.2) is 36.5 Å². The van der Waals surface area contributed by atoms with E-state index in [1.165, 1.54) is 12.5 Å². The Morgan fingerprint density at radius 2 is 1.68 bits per heavy atom. The van der Waals surface area contributed by atoms with Gasteiger partial charge >= 0.3 is 7.12 Å². The minimum Gasteiger partial charge on any atom is -0.439 e. The molecule has 0 bridgehead atoms. The molecule has 0 unspecified atom stereocenters. The van der Waals surface area contributed by atoms with Gasteiger partial charge in [0.05, 0.1) is 17.0 Å². The van der Waals surface area contributed by atoms with Crippen LogP contribution in [-0.2, 0) is 24.9 Å². The molecule has 1 aromatic carbocycles. The maximum Gasteiger partial charge on any atom is 0.500 e. The van der Waals surface area contributed by atoms with Crippen LogP contribution in [0.2, 0.25) is 5.02 Å². The highest BCUT2D eigenvalue weighted by Crippen LogP contribution is 2.37. The van der Waals surface area contributed by atoms with E-state index in [-0.39, 0.29) is 11.6 Å². The zero-order chi connectivity index (χ0) is 20.7. The van der Waals surface area contributed by atoms with Gasteiger partial charge in [0.1, 0.15) is 5.75 Å². The number of sulfone groups is 1. The predicted molar refractivity (Wildman–Crippen MR) is 110 cm³/mol. The van der Waals surface area contributed by atoms with Crippen LogP contribution in [0.3, 0.4) is 0 Å². The maximum atomic E-state index is 11.7. The van der Waals surface area contributed by atoms with Gasteiger partial charge in [-0.1, -0.05) is 17.7 Å². The third kappa shape index (κ3) is 4.68.